The lowest BCUT2D eigenvalue weighted by atomic mass is 9.93. The molecule has 1 aliphatic heterocycles. The number of rotatable bonds is 7. The molecule has 0 bridgehead atoms. The minimum absolute atomic E-state index is 0.0231. The van der Waals surface area contributed by atoms with Crippen LogP contribution in [-0.2, 0) is 14.3 Å². The van der Waals surface area contributed by atoms with Gasteiger partial charge < -0.3 is 14.7 Å². The quantitative estimate of drug-likeness (QED) is 0.412. The second-order valence-electron chi connectivity index (χ2n) is 8.10. The zero-order valence-electron chi connectivity index (χ0n) is 18.0. The number of carbonyl (C=O) groups is 2. The second-order valence-corrected chi connectivity index (χ2v) is 8.10. The summed E-state index contributed by atoms with van der Waals surface area (Å²) in [6.45, 7) is 8.65. The van der Waals surface area contributed by atoms with Crippen LogP contribution >= 0.6 is 0 Å². The maximum Gasteiger partial charge on any atom is 0.295 e. The van der Waals surface area contributed by atoms with Gasteiger partial charge in [0.2, 0.25) is 0 Å². The number of ketones is 1. The molecule has 1 fully saturated rings. The van der Waals surface area contributed by atoms with Gasteiger partial charge in [0.1, 0.15) is 5.76 Å². The minimum atomic E-state index is -0.668. The van der Waals surface area contributed by atoms with E-state index in [1.807, 2.05) is 44.2 Å². The lowest BCUT2D eigenvalue weighted by Gasteiger charge is -2.26. The average molecular weight is 408 g/mol. The fourth-order valence-electron chi connectivity index (χ4n) is 3.66. The van der Waals surface area contributed by atoms with Crippen molar-refractivity contribution in [3.05, 3.63) is 76.9 Å². The highest BCUT2D eigenvalue weighted by Crippen LogP contribution is 2.39. The first-order chi connectivity index (χ1) is 14.3. The third kappa shape index (κ3) is 4.46. The third-order valence-electron chi connectivity index (χ3n) is 5.29. The summed E-state index contributed by atoms with van der Waals surface area (Å²) in [4.78, 5) is 27.3. The van der Waals surface area contributed by atoms with Crippen LogP contribution in [0.4, 0.5) is 0 Å². The molecule has 0 saturated carbocycles. The molecule has 5 nitrogen and oxygen atoms in total. The Hall–Kier alpha value is -2.92. The first-order valence-corrected chi connectivity index (χ1v) is 10.4. The molecule has 5 heteroatoms. The highest BCUT2D eigenvalue weighted by atomic mass is 16.5. The Kier molecular flexibility index (Phi) is 6.73. The van der Waals surface area contributed by atoms with Gasteiger partial charge >= 0.3 is 0 Å². The van der Waals surface area contributed by atoms with E-state index < -0.39 is 17.7 Å². The number of hydrogen-bond donors (Lipinski definition) is 1. The van der Waals surface area contributed by atoms with Gasteiger partial charge in [-0.15, -0.1) is 0 Å². The molecular formula is C25H29NO4. The highest BCUT2D eigenvalue weighted by molar-refractivity contribution is 6.46. The zero-order chi connectivity index (χ0) is 21.8. The van der Waals surface area contributed by atoms with Crippen molar-refractivity contribution in [2.75, 3.05) is 13.2 Å². The average Bonchev–Trinajstić information content (AvgIpc) is 2.98. The first-order valence-electron chi connectivity index (χ1n) is 10.4. The van der Waals surface area contributed by atoms with E-state index >= 15 is 0 Å². The molecule has 1 aliphatic rings. The summed E-state index contributed by atoms with van der Waals surface area (Å²) in [5, 5.41) is 11.0. The van der Waals surface area contributed by atoms with E-state index in [1.54, 1.807) is 24.3 Å². The molecule has 30 heavy (non-hydrogen) atoms. The number of benzene rings is 2. The van der Waals surface area contributed by atoms with E-state index in [0.29, 0.717) is 18.1 Å². The molecule has 1 amide bonds. The Balaban J connectivity index is 2.07. The van der Waals surface area contributed by atoms with Gasteiger partial charge in [0.15, 0.2) is 0 Å². The van der Waals surface area contributed by atoms with E-state index in [1.165, 1.54) is 10.5 Å². The number of hydrogen-bond acceptors (Lipinski definition) is 4. The molecule has 1 saturated heterocycles. The maximum atomic E-state index is 12.9. The molecule has 3 rings (SSSR count). The van der Waals surface area contributed by atoms with Gasteiger partial charge in [0.05, 0.1) is 24.3 Å². The Labute approximate surface area is 178 Å². The van der Waals surface area contributed by atoms with Crippen molar-refractivity contribution in [1.82, 2.24) is 4.90 Å². The van der Waals surface area contributed by atoms with Crippen molar-refractivity contribution >= 4 is 17.4 Å². The van der Waals surface area contributed by atoms with E-state index in [4.69, 9.17) is 4.74 Å². The van der Waals surface area contributed by atoms with E-state index in [9.17, 15) is 14.7 Å². The molecule has 1 atom stereocenters. The van der Waals surface area contributed by atoms with Crippen LogP contribution in [-0.4, -0.2) is 41.0 Å². The summed E-state index contributed by atoms with van der Waals surface area (Å²) in [6, 6.07) is 16.1. The number of carbonyl (C=O) groups excluding carboxylic acids is 2. The number of nitrogens with zero attached hydrogens (tertiary/aromatic N) is 1. The van der Waals surface area contributed by atoms with Crippen molar-refractivity contribution in [2.45, 2.75) is 45.8 Å². The Morgan fingerprint density at radius 2 is 1.63 bits per heavy atom. The Morgan fingerprint density at radius 1 is 1.00 bits per heavy atom. The number of Topliss-reactive ketones (excluding diaryl/α,β-unsaturated/α-hetero) is 1. The van der Waals surface area contributed by atoms with Crippen molar-refractivity contribution in [3.63, 3.8) is 0 Å². The van der Waals surface area contributed by atoms with Crippen LogP contribution in [0.1, 0.15) is 56.3 Å². The van der Waals surface area contributed by atoms with Crippen LogP contribution in [0.5, 0.6) is 0 Å². The van der Waals surface area contributed by atoms with Gasteiger partial charge in [-0.05, 0) is 30.9 Å². The summed E-state index contributed by atoms with van der Waals surface area (Å²) < 4.78 is 5.62. The standard InChI is InChI=1S/C25H29NO4/c1-16(2)18-10-12-19(13-11-18)22-21(23(27)20-8-6-5-7-9-20)24(28)25(29)26(22)14-15-30-17(3)4/h5-13,16-17,22,27H,14-15H2,1-4H3/b23-21-. The maximum absolute atomic E-state index is 12.9. The van der Waals surface area contributed by atoms with Crippen molar-refractivity contribution in [3.8, 4) is 0 Å². The van der Waals surface area contributed by atoms with Crippen LogP contribution in [0.3, 0.4) is 0 Å². The van der Waals surface area contributed by atoms with Crippen LogP contribution in [0, 0.1) is 0 Å². The number of ether oxygens (including phenoxy) is 1. The molecule has 0 aromatic heterocycles. The zero-order valence-corrected chi connectivity index (χ0v) is 18.0. The minimum Gasteiger partial charge on any atom is -0.507 e. The third-order valence-corrected chi connectivity index (χ3v) is 5.29. The molecule has 1 unspecified atom stereocenters. The Bertz CT molecular complexity index is 929. The van der Waals surface area contributed by atoms with Gasteiger partial charge in [-0.1, -0.05) is 68.4 Å². The topological polar surface area (TPSA) is 66.8 Å². The summed E-state index contributed by atoms with van der Waals surface area (Å²) in [5.41, 5.74) is 2.59. The van der Waals surface area contributed by atoms with E-state index in [2.05, 4.69) is 13.8 Å². The lowest BCUT2D eigenvalue weighted by Crippen LogP contribution is -2.33. The van der Waals surface area contributed by atoms with Gasteiger partial charge in [-0.2, -0.15) is 0 Å². The summed E-state index contributed by atoms with van der Waals surface area (Å²) >= 11 is 0. The number of amides is 1. The first kappa shape index (κ1) is 21.8. The largest absolute Gasteiger partial charge is 0.507 e. The van der Waals surface area contributed by atoms with Crippen molar-refractivity contribution in [1.29, 1.82) is 0 Å². The monoisotopic (exact) mass is 407 g/mol. The predicted molar refractivity (Wildman–Crippen MR) is 117 cm³/mol. The van der Waals surface area contributed by atoms with Gasteiger partial charge in [-0.25, -0.2) is 0 Å². The van der Waals surface area contributed by atoms with E-state index in [-0.39, 0.29) is 24.0 Å². The SMILES string of the molecule is CC(C)OCCN1C(=O)C(=O)/C(=C(\O)c2ccccc2)C1c1ccc(C(C)C)cc1. The Morgan fingerprint density at radius 3 is 2.20 bits per heavy atom. The van der Waals surface area contributed by atoms with Crippen LogP contribution in [0.15, 0.2) is 60.2 Å². The van der Waals surface area contributed by atoms with Crippen LogP contribution in [0.2, 0.25) is 0 Å². The van der Waals surface area contributed by atoms with Crippen molar-refractivity contribution < 1.29 is 19.4 Å². The number of likely N-dealkylation sites (tertiary alicyclic amines) is 1. The number of aliphatic hydroxyl groups is 1. The van der Waals surface area contributed by atoms with Crippen LogP contribution < -0.4 is 0 Å². The summed E-state index contributed by atoms with van der Waals surface area (Å²) in [6.07, 6.45) is 0.0231. The van der Waals surface area contributed by atoms with E-state index in [0.717, 1.165) is 5.56 Å². The molecule has 0 spiro atoms. The van der Waals surface area contributed by atoms with Gasteiger partial charge in [0.25, 0.3) is 11.7 Å². The smallest absolute Gasteiger partial charge is 0.295 e. The fourth-order valence-corrected chi connectivity index (χ4v) is 3.66. The summed E-state index contributed by atoms with van der Waals surface area (Å²) in [5.74, 6) is -1.06. The molecule has 1 N–H and O–H groups in total. The number of aliphatic hydroxyl groups excluding tert-OH is 1. The van der Waals surface area contributed by atoms with Gasteiger partial charge in [-0.3, -0.25) is 9.59 Å². The molecule has 0 radical (unpaired) electrons. The molecule has 2 aromatic rings. The van der Waals surface area contributed by atoms with Gasteiger partial charge in [0, 0.05) is 12.1 Å². The molecule has 158 valence electrons. The molecule has 0 aliphatic carbocycles. The second kappa shape index (κ2) is 9.26. The molecule has 1 heterocycles. The highest BCUT2D eigenvalue weighted by Gasteiger charge is 2.45. The van der Waals surface area contributed by atoms with Crippen LogP contribution in [0.25, 0.3) is 5.76 Å². The molecular weight excluding hydrogens is 378 g/mol. The summed E-state index contributed by atoms with van der Waals surface area (Å²) in [7, 11) is 0. The fraction of sp³-hybridized carbons (Fsp3) is 0.360. The lowest BCUT2D eigenvalue weighted by molar-refractivity contribution is -0.140. The normalized spacial score (nSPS) is 18.6. The predicted octanol–water partition coefficient (Wildman–Crippen LogP) is 4.66. The van der Waals surface area contributed by atoms with Crippen molar-refractivity contribution in [2.24, 2.45) is 0 Å². The molecule has 2 aromatic carbocycles.